The summed E-state index contributed by atoms with van der Waals surface area (Å²) in [4.78, 5) is 26.5. The molecule has 1 saturated carbocycles. The Bertz CT molecular complexity index is 274. The van der Waals surface area contributed by atoms with Crippen molar-refractivity contribution >= 4 is 11.9 Å². The molecule has 0 aromatic carbocycles. The highest BCUT2D eigenvalue weighted by Crippen LogP contribution is 2.30. The monoisotopic (exact) mass is 210 g/mol. The molecule has 84 valence electrons. The van der Waals surface area contributed by atoms with Gasteiger partial charge in [0.15, 0.2) is 0 Å². The molecule has 0 spiro atoms. The van der Waals surface area contributed by atoms with Crippen LogP contribution in [0.1, 0.15) is 32.6 Å². The number of hydrogen-bond donors (Lipinski definition) is 0. The minimum absolute atomic E-state index is 0.0194. The molecule has 3 amide bonds. The number of amides is 3. The molecule has 0 radical (unpaired) electrons. The minimum Gasteiger partial charge on any atom is -0.315 e. The normalized spacial score (nSPS) is 21.7. The van der Waals surface area contributed by atoms with Gasteiger partial charge >= 0.3 is 6.03 Å². The predicted octanol–water partition coefficient (Wildman–Crippen LogP) is 1.46. The first kappa shape index (κ1) is 10.5. The molecule has 2 aliphatic rings. The lowest BCUT2D eigenvalue weighted by Crippen LogP contribution is -2.34. The second-order valence-electron chi connectivity index (χ2n) is 4.51. The maximum Gasteiger partial charge on any atom is 0.327 e. The van der Waals surface area contributed by atoms with E-state index in [4.69, 9.17) is 0 Å². The van der Waals surface area contributed by atoms with Crippen molar-refractivity contribution in [1.82, 2.24) is 9.80 Å². The number of carbonyl (C=O) groups is 2. The molecular weight excluding hydrogens is 192 g/mol. The summed E-state index contributed by atoms with van der Waals surface area (Å²) in [5, 5.41) is 0. The Morgan fingerprint density at radius 2 is 2.07 bits per heavy atom. The van der Waals surface area contributed by atoms with Gasteiger partial charge in [-0.3, -0.25) is 9.69 Å². The second kappa shape index (κ2) is 4.21. The predicted molar refractivity (Wildman–Crippen MR) is 56.3 cm³/mol. The standard InChI is InChI=1S/C11H18N2O2/c1-2-3-6-13-10(14)8-12(11(13)15)7-9-4-5-9/h9H,2-8H2,1H3. The smallest absolute Gasteiger partial charge is 0.315 e. The van der Waals surface area contributed by atoms with Crippen molar-refractivity contribution in [2.75, 3.05) is 19.6 Å². The van der Waals surface area contributed by atoms with Crippen molar-refractivity contribution in [1.29, 1.82) is 0 Å². The van der Waals surface area contributed by atoms with E-state index in [9.17, 15) is 9.59 Å². The summed E-state index contributed by atoms with van der Waals surface area (Å²) < 4.78 is 0. The van der Waals surface area contributed by atoms with Crippen molar-refractivity contribution < 1.29 is 9.59 Å². The fourth-order valence-corrected chi connectivity index (χ4v) is 1.88. The number of urea groups is 1. The van der Waals surface area contributed by atoms with Crippen LogP contribution in [-0.4, -0.2) is 41.4 Å². The Labute approximate surface area is 90.2 Å². The van der Waals surface area contributed by atoms with Gasteiger partial charge in [-0.25, -0.2) is 4.79 Å². The highest BCUT2D eigenvalue weighted by atomic mass is 16.2. The number of nitrogens with zero attached hydrogens (tertiary/aromatic N) is 2. The lowest BCUT2D eigenvalue weighted by atomic mass is 10.3. The van der Waals surface area contributed by atoms with Gasteiger partial charge < -0.3 is 4.90 Å². The maximum atomic E-state index is 11.8. The van der Waals surface area contributed by atoms with Gasteiger partial charge in [0.05, 0.1) is 0 Å². The van der Waals surface area contributed by atoms with Gasteiger partial charge in [-0.2, -0.15) is 0 Å². The molecule has 1 aliphatic heterocycles. The van der Waals surface area contributed by atoms with Crippen molar-refractivity contribution in [2.24, 2.45) is 5.92 Å². The molecule has 2 rings (SSSR count). The van der Waals surface area contributed by atoms with Crippen LogP contribution in [0.5, 0.6) is 0 Å². The molecule has 0 N–H and O–H groups in total. The zero-order valence-electron chi connectivity index (χ0n) is 9.24. The molecule has 1 aliphatic carbocycles. The molecule has 0 aromatic heterocycles. The average molecular weight is 210 g/mol. The molecular formula is C11H18N2O2. The van der Waals surface area contributed by atoms with Crippen LogP contribution >= 0.6 is 0 Å². The lowest BCUT2D eigenvalue weighted by Gasteiger charge is -2.16. The van der Waals surface area contributed by atoms with Crippen molar-refractivity contribution in [2.45, 2.75) is 32.6 Å². The molecule has 0 bridgehead atoms. The Morgan fingerprint density at radius 1 is 1.33 bits per heavy atom. The summed E-state index contributed by atoms with van der Waals surface area (Å²) in [6, 6.07) is -0.0691. The van der Waals surface area contributed by atoms with E-state index in [0.29, 0.717) is 19.0 Å². The van der Waals surface area contributed by atoms with Crippen LogP contribution in [0.15, 0.2) is 0 Å². The van der Waals surface area contributed by atoms with Crippen molar-refractivity contribution in [3.63, 3.8) is 0 Å². The quantitative estimate of drug-likeness (QED) is 0.644. The molecule has 2 fully saturated rings. The van der Waals surface area contributed by atoms with Gasteiger partial charge in [0, 0.05) is 13.1 Å². The second-order valence-corrected chi connectivity index (χ2v) is 4.51. The summed E-state index contributed by atoms with van der Waals surface area (Å²) in [6.45, 7) is 3.74. The van der Waals surface area contributed by atoms with Gasteiger partial charge in [0.2, 0.25) is 5.91 Å². The summed E-state index contributed by atoms with van der Waals surface area (Å²) in [7, 11) is 0. The third-order valence-corrected chi connectivity index (χ3v) is 3.04. The van der Waals surface area contributed by atoms with E-state index >= 15 is 0 Å². The van der Waals surface area contributed by atoms with Crippen LogP contribution in [0, 0.1) is 5.92 Å². The number of imide groups is 1. The molecule has 0 atom stereocenters. The van der Waals surface area contributed by atoms with Gasteiger partial charge in [-0.05, 0) is 25.2 Å². The summed E-state index contributed by atoms with van der Waals surface area (Å²) in [5.41, 5.74) is 0. The maximum absolute atomic E-state index is 11.8. The fraction of sp³-hybridized carbons (Fsp3) is 0.818. The Hall–Kier alpha value is -1.06. The van der Waals surface area contributed by atoms with Gasteiger partial charge in [0.1, 0.15) is 6.54 Å². The van der Waals surface area contributed by atoms with E-state index < -0.39 is 0 Å². The molecule has 4 nitrogen and oxygen atoms in total. The first-order chi connectivity index (χ1) is 7.22. The molecule has 4 heteroatoms. The van der Waals surface area contributed by atoms with Gasteiger partial charge in [-0.15, -0.1) is 0 Å². The van der Waals surface area contributed by atoms with Crippen LogP contribution in [0.25, 0.3) is 0 Å². The highest BCUT2D eigenvalue weighted by Gasteiger charge is 2.38. The van der Waals surface area contributed by atoms with Crippen LogP contribution in [0.3, 0.4) is 0 Å². The van der Waals surface area contributed by atoms with E-state index in [1.54, 1.807) is 4.90 Å². The SMILES string of the molecule is CCCCN1C(=O)CN(CC2CC2)C1=O. The third-order valence-electron chi connectivity index (χ3n) is 3.04. The zero-order chi connectivity index (χ0) is 10.8. The summed E-state index contributed by atoms with van der Waals surface area (Å²) in [6.07, 6.45) is 4.36. The largest absolute Gasteiger partial charge is 0.327 e. The molecule has 1 heterocycles. The van der Waals surface area contributed by atoms with E-state index in [-0.39, 0.29) is 11.9 Å². The van der Waals surface area contributed by atoms with E-state index in [0.717, 1.165) is 19.4 Å². The Kier molecular flexibility index (Phi) is 2.93. The first-order valence-electron chi connectivity index (χ1n) is 5.81. The van der Waals surface area contributed by atoms with Crippen LogP contribution in [-0.2, 0) is 4.79 Å². The molecule has 15 heavy (non-hydrogen) atoms. The number of unbranched alkanes of at least 4 members (excludes halogenated alkanes) is 1. The molecule has 0 unspecified atom stereocenters. The minimum atomic E-state index is -0.0691. The van der Waals surface area contributed by atoms with E-state index in [2.05, 4.69) is 6.92 Å². The third kappa shape index (κ3) is 2.30. The summed E-state index contributed by atoms with van der Waals surface area (Å²) in [5.74, 6) is 0.641. The lowest BCUT2D eigenvalue weighted by molar-refractivity contribution is -0.125. The first-order valence-corrected chi connectivity index (χ1v) is 5.81. The van der Waals surface area contributed by atoms with Crippen LogP contribution in [0.4, 0.5) is 4.79 Å². The van der Waals surface area contributed by atoms with Gasteiger partial charge in [0.25, 0.3) is 0 Å². The van der Waals surface area contributed by atoms with Crippen molar-refractivity contribution in [3.8, 4) is 0 Å². The Balaban J connectivity index is 1.89. The van der Waals surface area contributed by atoms with E-state index in [1.165, 1.54) is 17.7 Å². The number of hydrogen-bond acceptors (Lipinski definition) is 2. The fourth-order valence-electron chi connectivity index (χ4n) is 1.88. The Morgan fingerprint density at radius 3 is 2.67 bits per heavy atom. The van der Waals surface area contributed by atoms with Crippen LogP contribution < -0.4 is 0 Å². The zero-order valence-corrected chi connectivity index (χ0v) is 9.24. The number of rotatable bonds is 5. The topological polar surface area (TPSA) is 40.6 Å². The van der Waals surface area contributed by atoms with Crippen LogP contribution in [0.2, 0.25) is 0 Å². The molecule has 0 aromatic rings. The van der Waals surface area contributed by atoms with E-state index in [1.807, 2.05) is 0 Å². The van der Waals surface area contributed by atoms with Crippen molar-refractivity contribution in [3.05, 3.63) is 0 Å². The number of carbonyl (C=O) groups excluding carboxylic acids is 2. The highest BCUT2D eigenvalue weighted by molar-refractivity contribution is 6.01. The summed E-state index contributed by atoms with van der Waals surface area (Å²) >= 11 is 0. The molecule has 1 saturated heterocycles. The van der Waals surface area contributed by atoms with Gasteiger partial charge in [-0.1, -0.05) is 13.3 Å². The average Bonchev–Trinajstić information content (AvgIpc) is 2.96.